The normalized spacial score (nSPS) is 19.8. The van der Waals surface area contributed by atoms with E-state index in [2.05, 4.69) is 10.1 Å². The molecule has 1 fully saturated rings. The molecule has 146 valence electrons. The summed E-state index contributed by atoms with van der Waals surface area (Å²) in [4.78, 5) is 19.3. The van der Waals surface area contributed by atoms with E-state index in [1.807, 2.05) is 18.7 Å². The monoisotopic (exact) mass is 383 g/mol. The molecule has 0 radical (unpaired) electrons. The zero-order valence-corrected chi connectivity index (χ0v) is 16.2. The maximum absolute atomic E-state index is 13.1. The number of aromatic nitrogens is 2. The van der Waals surface area contributed by atoms with E-state index in [0.717, 1.165) is 18.6 Å². The summed E-state index contributed by atoms with van der Waals surface area (Å²) in [5, 5.41) is 4.16. The quantitative estimate of drug-likeness (QED) is 0.675. The summed E-state index contributed by atoms with van der Waals surface area (Å²) in [6, 6.07) is 7.71. The first-order chi connectivity index (χ1) is 13.4. The van der Waals surface area contributed by atoms with E-state index in [9.17, 15) is 9.18 Å². The summed E-state index contributed by atoms with van der Waals surface area (Å²) in [7, 11) is 0. The molecule has 1 aromatic carbocycles. The fourth-order valence-corrected chi connectivity index (χ4v) is 3.79. The van der Waals surface area contributed by atoms with Crippen LogP contribution in [0.1, 0.15) is 47.5 Å². The number of amides is 1. The fourth-order valence-electron chi connectivity index (χ4n) is 3.79. The number of carbonyl (C=O) groups is 1. The molecule has 0 N–H and O–H groups in total. The molecule has 7 heteroatoms. The van der Waals surface area contributed by atoms with Gasteiger partial charge in [-0.05, 0) is 57.0 Å². The summed E-state index contributed by atoms with van der Waals surface area (Å²) in [6.45, 7) is 6.86. The maximum atomic E-state index is 13.1. The molecule has 1 unspecified atom stereocenters. The minimum absolute atomic E-state index is 0.0393. The molecule has 1 atom stereocenters. The lowest BCUT2D eigenvalue weighted by atomic mass is 9.81. The Morgan fingerprint density at radius 1 is 1.25 bits per heavy atom. The van der Waals surface area contributed by atoms with Crippen LogP contribution in [0.4, 0.5) is 4.39 Å². The molecular weight excluding hydrogens is 361 g/mol. The van der Waals surface area contributed by atoms with Gasteiger partial charge in [0.15, 0.2) is 5.82 Å². The number of likely N-dealkylation sites (tertiary alicyclic amines) is 1. The van der Waals surface area contributed by atoms with E-state index in [-0.39, 0.29) is 11.7 Å². The van der Waals surface area contributed by atoms with Crippen LogP contribution in [-0.2, 0) is 5.41 Å². The van der Waals surface area contributed by atoms with Crippen molar-refractivity contribution in [2.45, 2.75) is 39.0 Å². The second-order valence-corrected chi connectivity index (χ2v) is 7.65. The van der Waals surface area contributed by atoms with Crippen molar-refractivity contribution in [3.05, 3.63) is 59.1 Å². The molecule has 0 bridgehead atoms. The SMILES string of the molecule is Cc1cc(C(=O)N2CCCC(C)(c3noc(-c4ccc(F)cc4)n3)C2)c(C)o1. The van der Waals surface area contributed by atoms with Gasteiger partial charge in [0.1, 0.15) is 17.3 Å². The van der Waals surface area contributed by atoms with Gasteiger partial charge in [-0.25, -0.2) is 4.39 Å². The number of halogens is 1. The molecule has 1 aliphatic heterocycles. The zero-order valence-electron chi connectivity index (χ0n) is 16.2. The van der Waals surface area contributed by atoms with Crippen molar-refractivity contribution in [3.63, 3.8) is 0 Å². The number of benzene rings is 1. The fraction of sp³-hybridized carbons (Fsp3) is 0.381. The standard InChI is InChI=1S/C21H22FN3O3/c1-13-11-17(14(2)27-13)19(26)25-10-4-9-21(3,12-25)20-23-18(28-24-20)15-5-7-16(22)8-6-15/h5-8,11H,4,9-10,12H2,1-3H3. The highest BCUT2D eigenvalue weighted by Gasteiger charge is 2.39. The van der Waals surface area contributed by atoms with Gasteiger partial charge in [0.2, 0.25) is 0 Å². The Morgan fingerprint density at radius 2 is 2.00 bits per heavy atom. The Morgan fingerprint density at radius 3 is 2.68 bits per heavy atom. The molecule has 1 aliphatic rings. The molecule has 0 aliphatic carbocycles. The number of carbonyl (C=O) groups excluding carboxylic acids is 1. The number of piperidine rings is 1. The Bertz CT molecular complexity index is 1010. The molecule has 1 saturated heterocycles. The van der Waals surface area contributed by atoms with Gasteiger partial charge in [0, 0.05) is 24.1 Å². The van der Waals surface area contributed by atoms with Gasteiger partial charge in [0.25, 0.3) is 11.8 Å². The summed E-state index contributed by atoms with van der Waals surface area (Å²) in [5.74, 6) is 1.91. The first-order valence-electron chi connectivity index (χ1n) is 9.32. The first-order valence-corrected chi connectivity index (χ1v) is 9.32. The third-order valence-corrected chi connectivity index (χ3v) is 5.31. The van der Waals surface area contributed by atoms with Crippen LogP contribution in [0.5, 0.6) is 0 Å². The van der Waals surface area contributed by atoms with E-state index in [4.69, 9.17) is 8.94 Å². The molecule has 1 amide bonds. The minimum Gasteiger partial charge on any atom is -0.466 e. The number of hydrogen-bond acceptors (Lipinski definition) is 5. The third kappa shape index (κ3) is 3.32. The molecule has 0 spiro atoms. The van der Waals surface area contributed by atoms with Crippen LogP contribution in [0.15, 0.2) is 39.3 Å². The minimum atomic E-state index is -0.414. The average molecular weight is 383 g/mol. The van der Waals surface area contributed by atoms with E-state index in [1.54, 1.807) is 25.1 Å². The van der Waals surface area contributed by atoms with Gasteiger partial charge in [0.05, 0.1) is 5.56 Å². The molecule has 3 aromatic rings. The predicted molar refractivity (Wildman–Crippen MR) is 100 cm³/mol. The van der Waals surface area contributed by atoms with Crippen molar-refractivity contribution >= 4 is 5.91 Å². The van der Waals surface area contributed by atoms with Crippen LogP contribution in [0, 0.1) is 19.7 Å². The lowest BCUT2D eigenvalue weighted by Crippen LogP contribution is -2.47. The maximum Gasteiger partial charge on any atom is 0.257 e. The second-order valence-electron chi connectivity index (χ2n) is 7.65. The Labute approximate surface area is 162 Å². The molecular formula is C21H22FN3O3. The van der Waals surface area contributed by atoms with Crippen LogP contribution in [0.3, 0.4) is 0 Å². The second kappa shape index (κ2) is 6.89. The largest absolute Gasteiger partial charge is 0.466 e. The molecule has 3 heterocycles. The summed E-state index contributed by atoms with van der Waals surface area (Å²) < 4.78 is 24.1. The third-order valence-electron chi connectivity index (χ3n) is 5.31. The summed E-state index contributed by atoms with van der Waals surface area (Å²) >= 11 is 0. The van der Waals surface area contributed by atoms with Crippen LogP contribution in [0.25, 0.3) is 11.5 Å². The number of nitrogens with zero attached hydrogens (tertiary/aromatic N) is 3. The van der Waals surface area contributed by atoms with Crippen molar-refractivity contribution < 1.29 is 18.1 Å². The van der Waals surface area contributed by atoms with Gasteiger partial charge in [-0.3, -0.25) is 4.79 Å². The smallest absolute Gasteiger partial charge is 0.257 e. The Hall–Kier alpha value is -2.96. The van der Waals surface area contributed by atoms with Crippen molar-refractivity contribution in [2.24, 2.45) is 0 Å². The molecule has 0 saturated carbocycles. The number of hydrogen-bond donors (Lipinski definition) is 0. The molecule has 2 aromatic heterocycles. The van der Waals surface area contributed by atoms with Gasteiger partial charge in [-0.1, -0.05) is 12.1 Å². The Kier molecular flexibility index (Phi) is 4.53. The lowest BCUT2D eigenvalue weighted by molar-refractivity contribution is 0.0640. The van der Waals surface area contributed by atoms with Crippen LogP contribution >= 0.6 is 0 Å². The van der Waals surface area contributed by atoms with Gasteiger partial charge >= 0.3 is 0 Å². The predicted octanol–water partition coefficient (Wildman–Crippen LogP) is 4.28. The zero-order chi connectivity index (χ0) is 19.9. The highest BCUT2D eigenvalue weighted by atomic mass is 19.1. The van der Waals surface area contributed by atoms with Gasteiger partial charge in [-0.2, -0.15) is 4.98 Å². The van der Waals surface area contributed by atoms with Gasteiger partial charge < -0.3 is 13.8 Å². The number of rotatable bonds is 3. The summed E-state index contributed by atoms with van der Waals surface area (Å²) in [6.07, 6.45) is 1.70. The van der Waals surface area contributed by atoms with E-state index in [1.165, 1.54) is 12.1 Å². The number of furan rings is 1. The van der Waals surface area contributed by atoms with E-state index >= 15 is 0 Å². The average Bonchev–Trinajstić information content (AvgIpc) is 3.29. The first kappa shape index (κ1) is 18.4. The van der Waals surface area contributed by atoms with Crippen molar-refractivity contribution in [3.8, 4) is 11.5 Å². The molecule has 28 heavy (non-hydrogen) atoms. The van der Waals surface area contributed by atoms with Gasteiger partial charge in [-0.15, -0.1) is 0 Å². The van der Waals surface area contributed by atoms with Crippen LogP contribution < -0.4 is 0 Å². The Balaban J connectivity index is 1.57. The molecule has 4 rings (SSSR count). The van der Waals surface area contributed by atoms with Crippen molar-refractivity contribution in [2.75, 3.05) is 13.1 Å². The van der Waals surface area contributed by atoms with E-state index in [0.29, 0.717) is 41.7 Å². The van der Waals surface area contributed by atoms with Crippen molar-refractivity contribution in [1.29, 1.82) is 0 Å². The highest BCUT2D eigenvalue weighted by Crippen LogP contribution is 2.34. The van der Waals surface area contributed by atoms with Crippen molar-refractivity contribution in [1.82, 2.24) is 15.0 Å². The molecule has 6 nitrogen and oxygen atoms in total. The topological polar surface area (TPSA) is 72.4 Å². The van der Waals surface area contributed by atoms with Crippen LogP contribution in [0.2, 0.25) is 0 Å². The van der Waals surface area contributed by atoms with Crippen LogP contribution in [-0.4, -0.2) is 34.0 Å². The number of aryl methyl sites for hydroxylation is 2. The van der Waals surface area contributed by atoms with E-state index < -0.39 is 5.41 Å². The lowest BCUT2D eigenvalue weighted by Gasteiger charge is -2.38. The highest BCUT2D eigenvalue weighted by molar-refractivity contribution is 5.95. The summed E-state index contributed by atoms with van der Waals surface area (Å²) in [5.41, 5.74) is 0.849.